The Kier molecular flexibility index (Phi) is 7.39. The van der Waals surface area contributed by atoms with E-state index in [1.54, 1.807) is 6.20 Å². The number of anilines is 1. The van der Waals surface area contributed by atoms with Crippen LogP contribution in [0.2, 0.25) is 0 Å². The van der Waals surface area contributed by atoms with Crippen molar-refractivity contribution in [3.8, 4) is 11.4 Å². The average molecular weight is 403 g/mol. The summed E-state index contributed by atoms with van der Waals surface area (Å²) in [6.07, 6.45) is 3.73. The van der Waals surface area contributed by atoms with Crippen molar-refractivity contribution in [2.75, 3.05) is 37.7 Å². The predicted octanol–water partition coefficient (Wildman–Crippen LogP) is 3.59. The fourth-order valence-corrected chi connectivity index (χ4v) is 4.16. The van der Waals surface area contributed by atoms with Crippen molar-refractivity contribution in [3.05, 3.63) is 46.9 Å². The van der Waals surface area contributed by atoms with E-state index in [0.717, 1.165) is 50.4 Å². The van der Waals surface area contributed by atoms with Crippen LogP contribution < -0.4 is 15.2 Å². The van der Waals surface area contributed by atoms with Crippen molar-refractivity contribution < 1.29 is 4.74 Å². The zero-order chi connectivity index (χ0) is 19.9. The maximum Gasteiger partial charge on any atom is 0.316 e. The Morgan fingerprint density at radius 3 is 2.50 bits per heavy atom. The molecule has 28 heavy (non-hydrogen) atoms. The standard InChI is InChI=1S/C21H30N4O2S/c1-4-5-15-27-20-19(23-11-13-24(14-12-23)28-17(2)3)16-22-25(21(20)26)18-9-7-6-8-10-18/h6-10,16-17H,4-5,11-15H2,1-3H3. The second-order valence-electron chi connectivity index (χ2n) is 7.18. The third-order valence-electron chi connectivity index (χ3n) is 4.60. The van der Waals surface area contributed by atoms with Crippen LogP contribution in [0.25, 0.3) is 5.69 Å². The van der Waals surface area contributed by atoms with Gasteiger partial charge in [-0.2, -0.15) is 9.78 Å². The molecule has 0 amide bonds. The van der Waals surface area contributed by atoms with Crippen LogP contribution in [0.15, 0.2) is 41.3 Å². The number of benzene rings is 1. The zero-order valence-electron chi connectivity index (χ0n) is 17.0. The monoisotopic (exact) mass is 402 g/mol. The van der Waals surface area contributed by atoms with Crippen LogP contribution in [0.1, 0.15) is 33.6 Å². The quantitative estimate of drug-likeness (QED) is 0.497. The lowest BCUT2D eigenvalue weighted by molar-refractivity contribution is 0.301. The first kappa shape index (κ1) is 20.7. The minimum atomic E-state index is -0.196. The maximum atomic E-state index is 13.2. The highest BCUT2D eigenvalue weighted by Gasteiger charge is 2.24. The third-order valence-corrected chi connectivity index (χ3v) is 5.68. The van der Waals surface area contributed by atoms with Gasteiger partial charge in [-0.3, -0.25) is 4.79 Å². The highest BCUT2D eigenvalue weighted by molar-refractivity contribution is 7.97. The summed E-state index contributed by atoms with van der Waals surface area (Å²) in [6.45, 7) is 10.7. The van der Waals surface area contributed by atoms with Crippen molar-refractivity contribution in [1.29, 1.82) is 0 Å². The molecule has 0 aliphatic carbocycles. The number of unbranched alkanes of at least 4 members (excludes halogenated alkanes) is 1. The Morgan fingerprint density at radius 1 is 1.14 bits per heavy atom. The maximum absolute atomic E-state index is 13.2. The highest BCUT2D eigenvalue weighted by atomic mass is 32.2. The van der Waals surface area contributed by atoms with Crippen molar-refractivity contribution in [3.63, 3.8) is 0 Å². The molecular weight excluding hydrogens is 372 g/mol. The van der Waals surface area contributed by atoms with Gasteiger partial charge in [-0.05, 0) is 18.6 Å². The minimum absolute atomic E-state index is 0.196. The number of ether oxygens (including phenoxy) is 1. The van der Waals surface area contributed by atoms with Crippen LogP contribution in [0.5, 0.6) is 5.75 Å². The lowest BCUT2D eigenvalue weighted by atomic mass is 10.3. The zero-order valence-corrected chi connectivity index (χ0v) is 17.8. The second kappa shape index (κ2) is 9.98. The summed E-state index contributed by atoms with van der Waals surface area (Å²) in [6, 6.07) is 9.50. The van der Waals surface area contributed by atoms with Crippen molar-refractivity contribution >= 4 is 17.6 Å². The highest BCUT2D eigenvalue weighted by Crippen LogP contribution is 2.27. The molecule has 1 aromatic heterocycles. The van der Waals surface area contributed by atoms with E-state index in [1.165, 1.54) is 4.68 Å². The summed E-state index contributed by atoms with van der Waals surface area (Å²) in [5, 5.41) is 5.02. The van der Waals surface area contributed by atoms with Gasteiger partial charge in [-0.25, -0.2) is 4.31 Å². The molecule has 152 valence electrons. The molecule has 1 fully saturated rings. The number of nitrogens with zero attached hydrogens (tertiary/aromatic N) is 4. The molecule has 3 rings (SSSR count). The van der Waals surface area contributed by atoms with E-state index in [9.17, 15) is 4.79 Å². The van der Waals surface area contributed by atoms with Gasteiger partial charge in [-0.1, -0.05) is 57.3 Å². The minimum Gasteiger partial charge on any atom is -0.486 e. The Balaban J connectivity index is 1.86. The molecule has 0 spiro atoms. The first-order valence-electron chi connectivity index (χ1n) is 10.1. The van der Waals surface area contributed by atoms with Crippen molar-refractivity contribution in [2.45, 2.75) is 38.9 Å². The Bertz CT molecular complexity index is 802. The fourth-order valence-electron chi connectivity index (χ4n) is 3.19. The van der Waals surface area contributed by atoms with Crippen LogP contribution in [-0.2, 0) is 0 Å². The van der Waals surface area contributed by atoms with E-state index in [-0.39, 0.29) is 5.56 Å². The van der Waals surface area contributed by atoms with Gasteiger partial charge in [0, 0.05) is 31.4 Å². The molecule has 0 bridgehead atoms. The van der Waals surface area contributed by atoms with Crippen molar-refractivity contribution in [1.82, 2.24) is 14.1 Å². The van der Waals surface area contributed by atoms with Crippen LogP contribution in [0.3, 0.4) is 0 Å². The smallest absolute Gasteiger partial charge is 0.316 e. The summed E-state index contributed by atoms with van der Waals surface area (Å²) in [4.78, 5) is 15.4. The van der Waals surface area contributed by atoms with Gasteiger partial charge >= 0.3 is 5.56 Å². The van der Waals surface area contributed by atoms with Gasteiger partial charge in [0.05, 0.1) is 18.5 Å². The van der Waals surface area contributed by atoms with E-state index in [4.69, 9.17) is 4.74 Å². The summed E-state index contributed by atoms with van der Waals surface area (Å²) in [7, 11) is 0. The summed E-state index contributed by atoms with van der Waals surface area (Å²) in [5.74, 6) is 0.414. The van der Waals surface area contributed by atoms with Crippen LogP contribution in [0, 0.1) is 0 Å². The summed E-state index contributed by atoms with van der Waals surface area (Å²) < 4.78 is 9.81. The van der Waals surface area contributed by atoms with Gasteiger partial charge in [0.25, 0.3) is 0 Å². The molecule has 1 aliphatic rings. The molecule has 0 radical (unpaired) electrons. The first-order chi connectivity index (χ1) is 13.6. The Hall–Kier alpha value is -1.99. The normalized spacial score (nSPS) is 15.2. The van der Waals surface area contributed by atoms with Crippen molar-refractivity contribution in [2.24, 2.45) is 0 Å². The van der Waals surface area contributed by atoms with Gasteiger partial charge in [0.2, 0.25) is 5.75 Å². The lowest BCUT2D eigenvalue weighted by Gasteiger charge is -2.36. The van der Waals surface area contributed by atoms with Crippen LogP contribution >= 0.6 is 11.9 Å². The molecular formula is C21H30N4O2S. The van der Waals surface area contributed by atoms with Crippen LogP contribution in [-0.4, -0.2) is 52.1 Å². The predicted molar refractivity (Wildman–Crippen MR) is 117 cm³/mol. The number of piperazine rings is 1. The third kappa shape index (κ3) is 5.08. The summed E-state index contributed by atoms with van der Waals surface area (Å²) in [5.41, 5.74) is 1.36. The molecule has 1 aromatic carbocycles. The van der Waals surface area contributed by atoms with Gasteiger partial charge < -0.3 is 9.64 Å². The molecule has 0 atom stereocenters. The van der Waals surface area contributed by atoms with E-state index >= 15 is 0 Å². The Morgan fingerprint density at radius 2 is 1.86 bits per heavy atom. The molecule has 1 saturated heterocycles. The molecule has 2 aromatic rings. The molecule has 1 aliphatic heterocycles. The SMILES string of the molecule is CCCCOc1c(N2CCN(SC(C)C)CC2)cnn(-c2ccccc2)c1=O. The van der Waals surface area contributed by atoms with E-state index in [1.807, 2.05) is 42.3 Å². The van der Waals surface area contributed by atoms with Gasteiger partial charge in [0.1, 0.15) is 5.69 Å². The molecule has 2 heterocycles. The summed E-state index contributed by atoms with van der Waals surface area (Å²) >= 11 is 1.89. The largest absolute Gasteiger partial charge is 0.486 e. The van der Waals surface area contributed by atoms with Gasteiger partial charge in [-0.15, -0.1) is 0 Å². The molecule has 0 N–H and O–H groups in total. The number of hydrogen-bond donors (Lipinski definition) is 0. The van der Waals surface area contributed by atoms with E-state index in [2.05, 4.69) is 35.1 Å². The number of para-hydroxylation sites is 1. The average Bonchev–Trinajstić information content (AvgIpc) is 2.70. The molecule has 7 heteroatoms. The number of hydrogen-bond acceptors (Lipinski definition) is 6. The fraction of sp³-hybridized carbons (Fsp3) is 0.524. The molecule has 6 nitrogen and oxygen atoms in total. The van der Waals surface area contributed by atoms with Crippen LogP contribution in [0.4, 0.5) is 5.69 Å². The molecule has 0 saturated carbocycles. The number of aromatic nitrogens is 2. The Labute approximate surface area is 171 Å². The first-order valence-corrected chi connectivity index (χ1v) is 10.9. The number of rotatable bonds is 8. The molecule has 0 unspecified atom stereocenters. The van der Waals surface area contributed by atoms with E-state index in [0.29, 0.717) is 17.6 Å². The van der Waals surface area contributed by atoms with E-state index < -0.39 is 0 Å². The topological polar surface area (TPSA) is 50.6 Å². The second-order valence-corrected chi connectivity index (χ2v) is 8.85. The lowest BCUT2D eigenvalue weighted by Crippen LogP contribution is -2.44. The van der Waals surface area contributed by atoms with Gasteiger partial charge in [0.15, 0.2) is 0 Å².